The maximum Gasteiger partial charge on any atom is 0.229 e. The number of hydrogen-bond acceptors (Lipinski definition) is 2. The summed E-state index contributed by atoms with van der Waals surface area (Å²) in [7, 11) is 0. The molecule has 110 valence electrons. The molecule has 0 aliphatic rings. The summed E-state index contributed by atoms with van der Waals surface area (Å²) in [5.41, 5.74) is 0.566. The van der Waals surface area contributed by atoms with E-state index < -0.39 is 24.0 Å². The first-order chi connectivity index (χ1) is 9.88. The molecule has 0 unspecified atom stereocenters. The molecule has 0 saturated heterocycles. The van der Waals surface area contributed by atoms with Gasteiger partial charge in [0.15, 0.2) is 5.15 Å². The van der Waals surface area contributed by atoms with E-state index >= 15 is 0 Å². The van der Waals surface area contributed by atoms with Gasteiger partial charge in [-0.05, 0) is 30.7 Å². The first-order valence-corrected chi connectivity index (χ1v) is 6.69. The van der Waals surface area contributed by atoms with Crippen molar-refractivity contribution in [2.75, 3.05) is 5.32 Å². The number of benzene rings is 1. The van der Waals surface area contributed by atoms with E-state index in [0.29, 0.717) is 5.56 Å². The Morgan fingerprint density at radius 1 is 1.29 bits per heavy atom. The molecule has 2 aromatic rings. The number of aromatic nitrogens is 1. The highest BCUT2D eigenvalue weighted by Crippen LogP contribution is 2.26. The summed E-state index contributed by atoms with van der Waals surface area (Å²) in [6.45, 7) is 1.68. The van der Waals surface area contributed by atoms with Gasteiger partial charge in [-0.1, -0.05) is 29.3 Å². The van der Waals surface area contributed by atoms with Crippen LogP contribution in [0.2, 0.25) is 10.3 Å². The van der Waals surface area contributed by atoms with Crippen molar-refractivity contribution in [1.82, 2.24) is 4.98 Å². The van der Waals surface area contributed by atoms with E-state index in [9.17, 15) is 13.6 Å². The van der Waals surface area contributed by atoms with Crippen molar-refractivity contribution in [3.8, 4) is 0 Å². The lowest BCUT2D eigenvalue weighted by molar-refractivity contribution is -0.115. The first kappa shape index (κ1) is 15.7. The van der Waals surface area contributed by atoms with Gasteiger partial charge >= 0.3 is 0 Å². The minimum Gasteiger partial charge on any atom is -0.323 e. The van der Waals surface area contributed by atoms with Crippen molar-refractivity contribution in [3.63, 3.8) is 0 Å². The van der Waals surface area contributed by atoms with Crippen LogP contribution in [0.1, 0.15) is 11.1 Å². The third kappa shape index (κ3) is 3.68. The van der Waals surface area contributed by atoms with E-state index in [-0.39, 0.29) is 21.6 Å². The average molecular weight is 331 g/mol. The average Bonchev–Trinajstić information content (AvgIpc) is 2.38. The fourth-order valence-electron chi connectivity index (χ4n) is 1.79. The summed E-state index contributed by atoms with van der Waals surface area (Å²) in [5.74, 6) is -2.16. The molecule has 3 nitrogen and oxygen atoms in total. The topological polar surface area (TPSA) is 42.0 Å². The monoisotopic (exact) mass is 330 g/mol. The van der Waals surface area contributed by atoms with Gasteiger partial charge in [-0.2, -0.15) is 0 Å². The van der Waals surface area contributed by atoms with Crippen LogP contribution in [0, 0.1) is 18.6 Å². The molecule has 1 aromatic heterocycles. The number of carbonyl (C=O) groups excluding carboxylic acids is 1. The minimum absolute atomic E-state index is 0.0161. The fourth-order valence-corrected chi connectivity index (χ4v) is 2.37. The molecule has 0 aliphatic heterocycles. The van der Waals surface area contributed by atoms with Crippen molar-refractivity contribution in [2.45, 2.75) is 13.3 Å². The van der Waals surface area contributed by atoms with Crippen LogP contribution >= 0.6 is 23.2 Å². The molecule has 2 rings (SSSR count). The number of nitrogens with zero attached hydrogens (tertiary/aromatic N) is 1. The largest absolute Gasteiger partial charge is 0.323 e. The number of aryl methyl sites for hydroxylation is 1. The predicted octanol–water partition coefficient (Wildman–Crippen LogP) is 4.16. The SMILES string of the molecule is Cc1cc(Cl)nc(Cl)c1NC(=O)Cc1c(F)cccc1F. The van der Waals surface area contributed by atoms with Crippen molar-refractivity contribution < 1.29 is 13.6 Å². The number of rotatable bonds is 3. The molecular weight excluding hydrogens is 321 g/mol. The Hall–Kier alpha value is -1.72. The normalized spacial score (nSPS) is 10.5. The second-order valence-electron chi connectivity index (χ2n) is 4.35. The van der Waals surface area contributed by atoms with Crippen LogP contribution in [-0.2, 0) is 11.2 Å². The van der Waals surface area contributed by atoms with Crippen molar-refractivity contribution >= 4 is 34.8 Å². The molecular formula is C14H10Cl2F2N2O. The third-order valence-corrected chi connectivity index (χ3v) is 3.27. The van der Waals surface area contributed by atoms with Crippen LogP contribution in [0.4, 0.5) is 14.5 Å². The van der Waals surface area contributed by atoms with E-state index in [1.165, 1.54) is 12.1 Å². The van der Waals surface area contributed by atoms with E-state index in [2.05, 4.69) is 10.3 Å². The van der Waals surface area contributed by atoms with Crippen molar-refractivity contribution in [2.24, 2.45) is 0 Å². The molecule has 0 aliphatic carbocycles. The Kier molecular flexibility index (Phi) is 4.75. The van der Waals surface area contributed by atoms with E-state index in [1.54, 1.807) is 6.92 Å². The molecule has 0 atom stereocenters. The molecule has 0 spiro atoms. The minimum atomic E-state index is -0.776. The summed E-state index contributed by atoms with van der Waals surface area (Å²) in [6, 6.07) is 4.93. The number of halogens is 4. The molecule has 0 bridgehead atoms. The molecule has 0 fully saturated rings. The van der Waals surface area contributed by atoms with Gasteiger partial charge in [-0.15, -0.1) is 0 Å². The van der Waals surface area contributed by atoms with Gasteiger partial charge in [0.2, 0.25) is 5.91 Å². The van der Waals surface area contributed by atoms with Gasteiger partial charge in [-0.3, -0.25) is 4.79 Å². The van der Waals surface area contributed by atoms with Crippen molar-refractivity contribution in [3.05, 3.63) is 57.3 Å². The Labute approximate surface area is 129 Å². The number of carbonyl (C=O) groups is 1. The van der Waals surface area contributed by atoms with Gasteiger partial charge < -0.3 is 5.32 Å². The Morgan fingerprint density at radius 2 is 1.90 bits per heavy atom. The van der Waals surface area contributed by atoms with Crippen LogP contribution in [0.5, 0.6) is 0 Å². The maximum atomic E-state index is 13.5. The number of pyridine rings is 1. The highest BCUT2D eigenvalue weighted by Gasteiger charge is 2.16. The lowest BCUT2D eigenvalue weighted by Crippen LogP contribution is -2.17. The van der Waals surface area contributed by atoms with Crippen LogP contribution in [0.25, 0.3) is 0 Å². The van der Waals surface area contributed by atoms with Gasteiger partial charge in [0.05, 0.1) is 12.1 Å². The number of amides is 1. The Balaban J connectivity index is 2.20. The van der Waals surface area contributed by atoms with E-state index in [1.807, 2.05) is 0 Å². The molecule has 1 aromatic carbocycles. The third-order valence-electron chi connectivity index (χ3n) is 2.80. The molecule has 7 heteroatoms. The van der Waals surface area contributed by atoms with Gasteiger partial charge in [-0.25, -0.2) is 13.8 Å². The molecule has 0 radical (unpaired) electrons. The highest BCUT2D eigenvalue weighted by molar-refractivity contribution is 6.34. The van der Waals surface area contributed by atoms with E-state index in [0.717, 1.165) is 12.1 Å². The van der Waals surface area contributed by atoms with Crippen LogP contribution in [0.15, 0.2) is 24.3 Å². The lowest BCUT2D eigenvalue weighted by Gasteiger charge is -2.11. The zero-order valence-electron chi connectivity index (χ0n) is 10.9. The van der Waals surface area contributed by atoms with Crippen LogP contribution in [-0.4, -0.2) is 10.9 Å². The number of nitrogens with one attached hydrogen (secondary N) is 1. The molecule has 1 amide bonds. The Bertz CT molecular complexity index is 664. The molecule has 1 heterocycles. The zero-order chi connectivity index (χ0) is 15.6. The summed E-state index contributed by atoms with van der Waals surface area (Å²) in [6.07, 6.45) is -0.448. The number of hydrogen-bond donors (Lipinski definition) is 1. The highest BCUT2D eigenvalue weighted by atomic mass is 35.5. The van der Waals surface area contributed by atoms with Gasteiger partial charge in [0.1, 0.15) is 16.8 Å². The summed E-state index contributed by atoms with van der Waals surface area (Å²) < 4.78 is 27.0. The molecule has 21 heavy (non-hydrogen) atoms. The molecule has 1 N–H and O–H groups in total. The first-order valence-electron chi connectivity index (χ1n) is 5.94. The lowest BCUT2D eigenvalue weighted by atomic mass is 10.1. The second-order valence-corrected chi connectivity index (χ2v) is 5.10. The fraction of sp³-hybridized carbons (Fsp3) is 0.143. The zero-order valence-corrected chi connectivity index (χ0v) is 12.4. The summed E-state index contributed by atoms with van der Waals surface area (Å²) >= 11 is 11.6. The van der Waals surface area contributed by atoms with Gasteiger partial charge in [0, 0.05) is 5.56 Å². The quantitative estimate of drug-likeness (QED) is 0.859. The summed E-state index contributed by atoms with van der Waals surface area (Å²) in [5, 5.41) is 2.69. The van der Waals surface area contributed by atoms with Gasteiger partial charge in [0.25, 0.3) is 0 Å². The van der Waals surface area contributed by atoms with Crippen LogP contribution in [0.3, 0.4) is 0 Å². The smallest absolute Gasteiger partial charge is 0.229 e. The van der Waals surface area contributed by atoms with Crippen molar-refractivity contribution in [1.29, 1.82) is 0 Å². The number of anilines is 1. The predicted molar refractivity (Wildman–Crippen MR) is 77.7 cm³/mol. The summed E-state index contributed by atoms with van der Waals surface area (Å²) in [4.78, 5) is 15.7. The van der Waals surface area contributed by atoms with E-state index in [4.69, 9.17) is 23.2 Å². The second kappa shape index (κ2) is 6.37. The Morgan fingerprint density at radius 3 is 2.48 bits per heavy atom. The maximum absolute atomic E-state index is 13.5. The molecule has 0 saturated carbocycles. The standard InChI is InChI=1S/C14H10Cl2F2N2O/c1-7-5-11(15)19-14(16)13(7)20-12(21)6-8-9(17)3-2-4-10(8)18/h2-5H,6H2,1H3,(H,20,21). The van der Waals surface area contributed by atoms with Crippen LogP contribution < -0.4 is 5.32 Å².